The first-order valence-electron chi connectivity index (χ1n) is 8.90. The van der Waals surface area contributed by atoms with Gasteiger partial charge in [-0.3, -0.25) is 4.99 Å². The number of aromatic nitrogens is 2. The van der Waals surface area contributed by atoms with Gasteiger partial charge in [0.1, 0.15) is 17.4 Å². The summed E-state index contributed by atoms with van der Waals surface area (Å²) in [4.78, 5) is 12.9. The zero-order valence-corrected chi connectivity index (χ0v) is 15.1. The average Bonchev–Trinajstić information content (AvgIpc) is 3.25. The normalized spacial score (nSPS) is 21.6. The molecule has 0 bridgehead atoms. The summed E-state index contributed by atoms with van der Waals surface area (Å²) < 4.78 is 0. The molecule has 1 aliphatic carbocycles. The SMILES string of the molecule is Cl.Oc1cccc(-c2nc3ccc(C4=NC5CCCCC5N4)cc3[nH]2)c1. The molecule has 0 radical (unpaired) electrons. The van der Waals surface area contributed by atoms with Crippen LogP contribution < -0.4 is 5.32 Å². The monoisotopic (exact) mass is 368 g/mol. The number of H-pyrrole nitrogens is 1. The van der Waals surface area contributed by atoms with Crippen molar-refractivity contribution in [2.45, 2.75) is 37.8 Å². The summed E-state index contributed by atoms with van der Waals surface area (Å²) in [6.07, 6.45) is 4.98. The third-order valence-corrected chi connectivity index (χ3v) is 5.22. The van der Waals surface area contributed by atoms with Crippen LogP contribution in [0.5, 0.6) is 5.75 Å². The Kier molecular flexibility index (Phi) is 4.32. The van der Waals surface area contributed by atoms with Crippen LogP contribution in [0.1, 0.15) is 31.2 Å². The van der Waals surface area contributed by atoms with Crippen LogP contribution in [-0.2, 0) is 0 Å². The van der Waals surface area contributed by atoms with E-state index >= 15 is 0 Å². The fourth-order valence-corrected chi connectivity index (χ4v) is 3.92. The number of amidine groups is 1. The molecule has 5 rings (SSSR count). The fourth-order valence-electron chi connectivity index (χ4n) is 3.92. The maximum Gasteiger partial charge on any atom is 0.138 e. The third kappa shape index (κ3) is 2.92. The van der Waals surface area contributed by atoms with Gasteiger partial charge in [-0.2, -0.15) is 0 Å². The van der Waals surface area contributed by atoms with Gasteiger partial charge in [-0.1, -0.05) is 25.0 Å². The first-order chi connectivity index (χ1) is 12.3. The van der Waals surface area contributed by atoms with E-state index in [1.807, 2.05) is 18.2 Å². The van der Waals surface area contributed by atoms with Gasteiger partial charge in [0.25, 0.3) is 0 Å². The maximum atomic E-state index is 9.67. The molecule has 0 saturated heterocycles. The summed E-state index contributed by atoms with van der Waals surface area (Å²) >= 11 is 0. The lowest BCUT2D eigenvalue weighted by Crippen LogP contribution is -2.36. The molecule has 2 aromatic carbocycles. The third-order valence-electron chi connectivity index (χ3n) is 5.22. The van der Waals surface area contributed by atoms with Crippen molar-refractivity contribution in [1.82, 2.24) is 15.3 Å². The Labute approximate surface area is 158 Å². The Morgan fingerprint density at radius 3 is 2.73 bits per heavy atom. The number of aromatic amines is 1. The van der Waals surface area contributed by atoms with E-state index in [2.05, 4.69) is 27.4 Å². The van der Waals surface area contributed by atoms with E-state index in [0.717, 1.165) is 33.8 Å². The van der Waals surface area contributed by atoms with E-state index in [0.29, 0.717) is 12.1 Å². The van der Waals surface area contributed by atoms with Gasteiger partial charge in [-0.15, -0.1) is 12.4 Å². The predicted molar refractivity (Wildman–Crippen MR) is 106 cm³/mol. The number of nitrogens with one attached hydrogen (secondary N) is 2. The summed E-state index contributed by atoms with van der Waals surface area (Å²) in [6, 6.07) is 14.3. The van der Waals surface area contributed by atoms with Gasteiger partial charge in [0.2, 0.25) is 0 Å². The number of nitrogens with zero attached hydrogens (tertiary/aromatic N) is 2. The summed E-state index contributed by atoms with van der Waals surface area (Å²) in [5.41, 5.74) is 3.88. The maximum absolute atomic E-state index is 9.67. The van der Waals surface area contributed by atoms with Gasteiger partial charge in [0.05, 0.1) is 17.1 Å². The minimum atomic E-state index is 0. The van der Waals surface area contributed by atoms with Gasteiger partial charge in [-0.25, -0.2) is 4.98 Å². The first-order valence-corrected chi connectivity index (χ1v) is 8.90. The molecule has 2 unspecified atom stereocenters. The molecule has 0 amide bonds. The molecule has 1 fully saturated rings. The second-order valence-electron chi connectivity index (χ2n) is 6.95. The topological polar surface area (TPSA) is 73.3 Å². The van der Waals surface area contributed by atoms with Crippen molar-refractivity contribution in [3.63, 3.8) is 0 Å². The molecule has 6 heteroatoms. The highest BCUT2D eigenvalue weighted by Gasteiger charge is 2.31. The number of phenolic OH excluding ortho intramolecular Hbond substituents is 1. The minimum Gasteiger partial charge on any atom is -0.508 e. The number of aliphatic imine (C=N–C) groups is 1. The summed E-state index contributed by atoms with van der Waals surface area (Å²) in [5.74, 6) is 2.01. The number of phenols is 1. The number of benzene rings is 2. The molecule has 5 nitrogen and oxygen atoms in total. The van der Waals surface area contributed by atoms with Gasteiger partial charge < -0.3 is 15.4 Å². The van der Waals surface area contributed by atoms with E-state index in [4.69, 9.17) is 4.99 Å². The van der Waals surface area contributed by atoms with E-state index in [1.54, 1.807) is 12.1 Å². The smallest absolute Gasteiger partial charge is 0.138 e. The Bertz CT molecular complexity index is 981. The molecule has 1 saturated carbocycles. The molecule has 134 valence electrons. The lowest BCUT2D eigenvalue weighted by molar-refractivity contribution is 0.385. The number of imidazole rings is 1. The lowest BCUT2D eigenvalue weighted by atomic mass is 9.92. The van der Waals surface area contributed by atoms with Crippen molar-refractivity contribution in [2.24, 2.45) is 4.99 Å². The zero-order chi connectivity index (χ0) is 16.8. The van der Waals surface area contributed by atoms with Crippen molar-refractivity contribution >= 4 is 29.3 Å². The second kappa shape index (κ2) is 6.65. The Morgan fingerprint density at radius 1 is 1.00 bits per heavy atom. The molecule has 2 atom stereocenters. The quantitative estimate of drug-likeness (QED) is 0.639. The Hall–Kier alpha value is -2.53. The molecule has 3 aromatic rings. The Morgan fingerprint density at radius 2 is 1.88 bits per heavy atom. The molecule has 2 heterocycles. The van der Waals surface area contributed by atoms with Crippen LogP contribution in [-0.4, -0.2) is 33.0 Å². The molecule has 0 spiro atoms. The Balaban J connectivity index is 0.00000168. The highest BCUT2D eigenvalue weighted by molar-refractivity contribution is 6.02. The predicted octanol–water partition coefficient (Wildman–Crippen LogP) is 4.02. The van der Waals surface area contributed by atoms with Crippen LogP contribution >= 0.6 is 12.4 Å². The van der Waals surface area contributed by atoms with Crippen LogP contribution in [0.2, 0.25) is 0 Å². The molecule has 1 aromatic heterocycles. The summed E-state index contributed by atoms with van der Waals surface area (Å²) in [5, 5.41) is 13.3. The molecular weight excluding hydrogens is 348 g/mol. The first kappa shape index (κ1) is 16.9. The number of hydrogen-bond acceptors (Lipinski definition) is 4. The highest BCUT2D eigenvalue weighted by Crippen LogP contribution is 2.28. The van der Waals surface area contributed by atoms with Gasteiger partial charge >= 0.3 is 0 Å². The van der Waals surface area contributed by atoms with Crippen LogP contribution in [0.15, 0.2) is 47.5 Å². The van der Waals surface area contributed by atoms with E-state index in [-0.39, 0.29) is 18.2 Å². The number of fused-ring (bicyclic) bond motifs is 2. The standard InChI is InChI=1S/C20H20N4O.ClH/c25-14-5-3-4-12(10-14)19-23-17-9-8-13(11-18(17)24-19)20-21-15-6-1-2-7-16(15)22-20;/h3-5,8-11,15-16,25H,1-2,6-7H2,(H,21,22)(H,23,24);1H. The fraction of sp³-hybridized carbons (Fsp3) is 0.300. The average molecular weight is 369 g/mol. The largest absolute Gasteiger partial charge is 0.508 e. The van der Waals surface area contributed by atoms with Crippen molar-refractivity contribution in [3.05, 3.63) is 48.0 Å². The summed E-state index contributed by atoms with van der Waals surface area (Å²) in [7, 11) is 0. The van der Waals surface area contributed by atoms with E-state index in [9.17, 15) is 5.11 Å². The van der Waals surface area contributed by atoms with Crippen molar-refractivity contribution < 1.29 is 5.11 Å². The second-order valence-corrected chi connectivity index (χ2v) is 6.95. The molecule has 26 heavy (non-hydrogen) atoms. The van der Waals surface area contributed by atoms with Crippen molar-refractivity contribution in [2.75, 3.05) is 0 Å². The number of halogens is 1. The van der Waals surface area contributed by atoms with Crippen LogP contribution in [0.4, 0.5) is 0 Å². The van der Waals surface area contributed by atoms with Gasteiger partial charge in [0, 0.05) is 17.2 Å². The van der Waals surface area contributed by atoms with Gasteiger partial charge in [0.15, 0.2) is 0 Å². The molecule has 2 aliphatic rings. The minimum absolute atomic E-state index is 0. The zero-order valence-electron chi connectivity index (χ0n) is 14.3. The number of hydrogen-bond donors (Lipinski definition) is 3. The van der Waals surface area contributed by atoms with E-state index in [1.165, 1.54) is 25.7 Å². The molecule has 3 N–H and O–H groups in total. The van der Waals surface area contributed by atoms with E-state index < -0.39 is 0 Å². The van der Waals surface area contributed by atoms with Crippen LogP contribution in [0.3, 0.4) is 0 Å². The molecule has 1 aliphatic heterocycles. The van der Waals surface area contributed by atoms with Crippen molar-refractivity contribution in [1.29, 1.82) is 0 Å². The lowest BCUT2D eigenvalue weighted by Gasteiger charge is -2.23. The number of rotatable bonds is 2. The van der Waals surface area contributed by atoms with Crippen LogP contribution in [0, 0.1) is 0 Å². The van der Waals surface area contributed by atoms with Crippen molar-refractivity contribution in [3.8, 4) is 17.1 Å². The summed E-state index contributed by atoms with van der Waals surface area (Å²) in [6.45, 7) is 0. The number of aromatic hydroxyl groups is 1. The van der Waals surface area contributed by atoms with Gasteiger partial charge in [-0.05, 0) is 43.2 Å². The van der Waals surface area contributed by atoms with Crippen LogP contribution in [0.25, 0.3) is 22.4 Å². The highest BCUT2D eigenvalue weighted by atomic mass is 35.5. The molecular formula is C20H21ClN4O.